The second kappa shape index (κ2) is 7.59. The highest BCUT2D eigenvalue weighted by molar-refractivity contribution is 5.95. The second-order valence-corrected chi connectivity index (χ2v) is 6.36. The van der Waals surface area contributed by atoms with Gasteiger partial charge < -0.3 is 13.7 Å². The van der Waals surface area contributed by atoms with Gasteiger partial charge in [0.1, 0.15) is 0 Å². The van der Waals surface area contributed by atoms with E-state index in [1.807, 2.05) is 35.2 Å². The molecule has 1 aromatic carbocycles. The summed E-state index contributed by atoms with van der Waals surface area (Å²) < 4.78 is 10.8. The smallest absolute Gasteiger partial charge is 0.309 e. The minimum Gasteiger partial charge on any atom is -0.461 e. The molecule has 3 aromatic rings. The van der Waals surface area contributed by atoms with E-state index in [2.05, 4.69) is 4.98 Å². The molecule has 0 atom stereocenters. The first kappa shape index (κ1) is 17.2. The lowest BCUT2D eigenvalue weighted by Crippen LogP contribution is -2.50. The highest BCUT2D eigenvalue weighted by Crippen LogP contribution is 2.20. The van der Waals surface area contributed by atoms with Gasteiger partial charge >= 0.3 is 5.91 Å². The van der Waals surface area contributed by atoms with Gasteiger partial charge in [-0.15, -0.1) is 0 Å². The average Bonchev–Trinajstić information content (AvgIpc) is 3.41. The molecule has 0 spiro atoms. The fourth-order valence-electron chi connectivity index (χ4n) is 3.07. The van der Waals surface area contributed by atoms with E-state index in [0.717, 1.165) is 5.56 Å². The Labute approximate surface area is 156 Å². The molecule has 1 amide bonds. The quantitative estimate of drug-likeness (QED) is 0.647. The van der Waals surface area contributed by atoms with Crippen molar-refractivity contribution in [2.45, 2.75) is 0 Å². The first-order valence-electron chi connectivity index (χ1n) is 8.80. The van der Waals surface area contributed by atoms with Gasteiger partial charge in [0.25, 0.3) is 5.89 Å². The van der Waals surface area contributed by atoms with Gasteiger partial charge in [-0.25, -0.2) is 4.98 Å². The number of hydrogen-bond donors (Lipinski definition) is 0. The summed E-state index contributed by atoms with van der Waals surface area (Å²) in [5.74, 6) is 0.742. The third-order valence-corrected chi connectivity index (χ3v) is 4.57. The fourth-order valence-corrected chi connectivity index (χ4v) is 3.07. The summed E-state index contributed by atoms with van der Waals surface area (Å²) in [5.41, 5.74) is 0.880. The minimum absolute atomic E-state index is 0.0556. The number of carbonyl (C=O) groups is 2. The van der Waals surface area contributed by atoms with Crippen LogP contribution in [0.25, 0.3) is 11.3 Å². The van der Waals surface area contributed by atoms with Crippen molar-refractivity contribution in [2.24, 2.45) is 0 Å². The van der Waals surface area contributed by atoms with Crippen LogP contribution in [0.5, 0.6) is 0 Å². The Morgan fingerprint density at radius 1 is 1.00 bits per heavy atom. The van der Waals surface area contributed by atoms with Crippen LogP contribution < -0.4 is 0 Å². The van der Waals surface area contributed by atoms with Crippen molar-refractivity contribution in [3.05, 3.63) is 66.6 Å². The third kappa shape index (κ3) is 3.83. The molecule has 2 aromatic heterocycles. The van der Waals surface area contributed by atoms with Crippen molar-refractivity contribution in [3.8, 4) is 11.3 Å². The van der Waals surface area contributed by atoms with Gasteiger partial charge in [-0.2, -0.15) is 0 Å². The topological polar surface area (TPSA) is 79.8 Å². The molecule has 1 aliphatic heterocycles. The van der Waals surface area contributed by atoms with Crippen molar-refractivity contribution in [2.75, 3.05) is 32.7 Å². The summed E-state index contributed by atoms with van der Waals surface area (Å²) in [6, 6.07) is 12.9. The van der Waals surface area contributed by atoms with Crippen LogP contribution in [0.4, 0.5) is 0 Å². The van der Waals surface area contributed by atoms with Crippen LogP contribution in [0.2, 0.25) is 0 Å². The lowest BCUT2D eigenvalue weighted by atomic mass is 10.2. The Morgan fingerprint density at radius 2 is 1.78 bits per heavy atom. The number of carbonyl (C=O) groups excluding carboxylic acids is 2. The Kier molecular flexibility index (Phi) is 4.84. The summed E-state index contributed by atoms with van der Waals surface area (Å²) in [7, 11) is 0. The van der Waals surface area contributed by atoms with E-state index < -0.39 is 0 Å². The van der Waals surface area contributed by atoms with Gasteiger partial charge in [0.2, 0.25) is 5.78 Å². The monoisotopic (exact) mass is 365 g/mol. The summed E-state index contributed by atoms with van der Waals surface area (Å²) >= 11 is 0. The molecule has 0 unspecified atom stereocenters. The maximum atomic E-state index is 12.6. The number of rotatable bonds is 5. The second-order valence-electron chi connectivity index (χ2n) is 6.36. The average molecular weight is 365 g/mol. The Bertz CT molecular complexity index is 910. The molecular formula is C20H19N3O4. The van der Waals surface area contributed by atoms with Crippen molar-refractivity contribution in [1.82, 2.24) is 14.8 Å². The fraction of sp³-hybridized carbons (Fsp3) is 0.250. The van der Waals surface area contributed by atoms with Crippen molar-refractivity contribution < 1.29 is 18.4 Å². The zero-order valence-corrected chi connectivity index (χ0v) is 14.7. The van der Waals surface area contributed by atoms with Gasteiger partial charge in [-0.05, 0) is 12.1 Å². The van der Waals surface area contributed by atoms with Crippen molar-refractivity contribution in [3.63, 3.8) is 0 Å². The van der Waals surface area contributed by atoms with Crippen LogP contribution in [-0.4, -0.2) is 59.2 Å². The van der Waals surface area contributed by atoms with Gasteiger partial charge in [0.15, 0.2) is 11.5 Å². The molecule has 4 rings (SSSR count). The predicted molar refractivity (Wildman–Crippen MR) is 97.3 cm³/mol. The molecule has 1 fully saturated rings. The van der Waals surface area contributed by atoms with E-state index >= 15 is 0 Å². The number of aromatic nitrogens is 1. The summed E-state index contributed by atoms with van der Waals surface area (Å²) in [4.78, 5) is 32.6. The molecule has 0 saturated carbocycles. The number of furan rings is 1. The maximum Gasteiger partial charge on any atom is 0.309 e. The number of Topliss-reactive ketones (excluding diaryl/α,β-unsaturated/α-hetero) is 1. The zero-order valence-electron chi connectivity index (χ0n) is 14.7. The van der Waals surface area contributed by atoms with Crippen LogP contribution in [0, 0.1) is 0 Å². The van der Waals surface area contributed by atoms with E-state index in [1.165, 1.54) is 6.26 Å². The first-order valence-corrected chi connectivity index (χ1v) is 8.80. The van der Waals surface area contributed by atoms with Crippen LogP contribution in [0.3, 0.4) is 0 Å². The number of piperazine rings is 1. The standard InChI is InChI=1S/C20H19N3O4/c24-16(17-7-4-12-26-17)14-22-8-10-23(11-9-22)20(25)19-21-13-18(27-19)15-5-2-1-3-6-15/h1-7,12-13H,8-11,14H2. The first-order chi connectivity index (χ1) is 13.2. The minimum atomic E-state index is -0.228. The zero-order chi connectivity index (χ0) is 18.6. The molecule has 0 N–H and O–H groups in total. The SMILES string of the molecule is O=C(CN1CCN(C(=O)c2ncc(-c3ccccc3)o2)CC1)c1ccco1. The lowest BCUT2D eigenvalue weighted by molar-refractivity contribution is 0.0586. The van der Waals surface area contributed by atoms with Gasteiger partial charge in [0, 0.05) is 31.7 Å². The Hall–Kier alpha value is -3.19. The molecule has 3 heterocycles. The highest BCUT2D eigenvalue weighted by Gasteiger charge is 2.26. The van der Waals surface area contributed by atoms with Crippen LogP contribution in [-0.2, 0) is 0 Å². The molecule has 0 radical (unpaired) electrons. The summed E-state index contributed by atoms with van der Waals surface area (Å²) in [6.45, 7) is 2.56. The Morgan fingerprint density at radius 3 is 2.48 bits per heavy atom. The number of amides is 1. The number of hydrogen-bond acceptors (Lipinski definition) is 6. The number of oxazole rings is 1. The van der Waals surface area contributed by atoms with E-state index in [4.69, 9.17) is 8.83 Å². The van der Waals surface area contributed by atoms with E-state index in [0.29, 0.717) is 37.7 Å². The number of nitrogens with zero attached hydrogens (tertiary/aromatic N) is 3. The molecule has 7 nitrogen and oxygen atoms in total. The maximum absolute atomic E-state index is 12.6. The molecule has 0 bridgehead atoms. The largest absolute Gasteiger partial charge is 0.461 e. The molecule has 1 saturated heterocycles. The summed E-state index contributed by atoms with van der Waals surface area (Å²) in [5, 5.41) is 0. The molecule has 1 aliphatic rings. The van der Waals surface area contributed by atoms with E-state index in [9.17, 15) is 9.59 Å². The molecule has 7 heteroatoms. The van der Waals surface area contributed by atoms with E-state index in [-0.39, 0.29) is 24.1 Å². The number of benzene rings is 1. The normalized spacial score (nSPS) is 15.0. The highest BCUT2D eigenvalue weighted by atomic mass is 16.4. The molecule has 27 heavy (non-hydrogen) atoms. The van der Waals surface area contributed by atoms with Crippen LogP contribution >= 0.6 is 0 Å². The lowest BCUT2D eigenvalue weighted by Gasteiger charge is -2.33. The van der Waals surface area contributed by atoms with Gasteiger partial charge in [-0.3, -0.25) is 14.5 Å². The number of ketones is 1. The molecular weight excluding hydrogens is 346 g/mol. The molecule has 138 valence electrons. The third-order valence-electron chi connectivity index (χ3n) is 4.57. The van der Waals surface area contributed by atoms with Crippen LogP contribution in [0.15, 0.2) is 63.8 Å². The van der Waals surface area contributed by atoms with Gasteiger partial charge in [0.05, 0.1) is 19.0 Å². The van der Waals surface area contributed by atoms with Gasteiger partial charge in [-0.1, -0.05) is 30.3 Å². The van der Waals surface area contributed by atoms with Crippen LogP contribution in [0.1, 0.15) is 21.2 Å². The summed E-state index contributed by atoms with van der Waals surface area (Å²) in [6.07, 6.45) is 3.06. The van der Waals surface area contributed by atoms with Crippen molar-refractivity contribution >= 4 is 11.7 Å². The predicted octanol–water partition coefficient (Wildman–Crippen LogP) is 2.58. The van der Waals surface area contributed by atoms with Crippen molar-refractivity contribution in [1.29, 1.82) is 0 Å². The molecule has 0 aliphatic carbocycles. The van der Waals surface area contributed by atoms with E-state index in [1.54, 1.807) is 23.2 Å². The Balaban J connectivity index is 1.34.